The van der Waals surface area contributed by atoms with Crippen molar-refractivity contribution < 1.29 is 18.7 Å². The third-order valence-corrected chi connectivity index (χ3v) is 4.07. The van der Waals surface area contributed by atoms with Gasteiger partial charge in [0.2, 0.25) is 5.89 Å². The molecule has 2 aromatic heterocycles. The zero-order valence-electron chi connectivity index (χ0n) is 16.2. The Hall–Kier alpha value is -3.42. The van der Waals surface area contributed by atoms with E-state index in [1.54, 1.807) is 23.9 Å². The molecule has 0 unspecified atom stereocenters. The summed E-state index contributed by atoms with van der Waals surface area (Å²) in [4.78, 5) is 29.1. The van der Waals surface area contributed by atoms with Crippen LogP contribution in [0.25, 0.3) is 11.5 Å². The Morgan fingerprint density at radius 3 is 2.54 bits per heavy atom. The molecule has 8 nitrogen and oxygen atoms in total. The summed E-state index contributed by atoms with van der Waals surface area (Å²) in [6, 6.07) is 11.0. The lowest BCUT2D eigenvalue weighted by molar-refractivity contribution is -0.123. The van der Waals surface area contributed by atoms with Crippen LogP contribution in [-0.2, 0) is 9.53 Å². The van der Waals surface area contributed by atoms with Crippen molar-refractivity contribution in [3.05, 3.63) is 54.0 Å². The van der Waals surface area contributed by atoms with E-state index in [1.165, 1.54) is 6.92 Å². The van der Waals surface area contributed by atoms with Crippen molar-refractivity contribution in [3.8, 4) is 11.5 Å². The number of carbonyl (C=O) groups excluding carboxylic acids is 2. The van der Waals surface area contributed by atoms with Crippen molar-refractivity contribution in [1.29, 1.82) is 0 Å². The van der Waals surface area contributed by atoms with Crippen molar-refractivity contribution in [2.24, 2.45) is 0 Å². The highest BCUT2D eigenvalue weighted by molar-refractivity contribution is 5.96. The second-order valence-corrected chi connectivity index (χ2v) is 6.58. The Morgan fingerprint density at radius 1 is 1.14 bits per heavy atom. The highest BCUT2D eigenvalue weighted by Crippen LogP contribution is 2.22. The summed E-state index contributed by atoms with van der Waals surface area (Å²) in [6.07, 6.45) is 0.579. The lowest BCUT2D eigenvalue weighted by Gasteiger charge is -2.15. The maximum Gasteiger partial charge on any atom is 0.361 e. The molecule has 3 aromatic rings. The molecule has 0 aliphatic rings. The van der Waals surface area contributed by atoms with Gasteiger partial charge in [0.25, 0.3) is 5.91 Å². The molecule has 0 aliphatic heterocycles. The van der Waals surface area contributed by atoms with Crippen molar-refractivity contribution >= 4 is 17.7 Å². The van der Waals surface area contributed by atoms with Gasteiger partial charge in [0.05, 0.1) is 6.20 Å². The molecule has 1 aromatic carbocycles. The van der Waals surface area contributed by atoms with Gasteiger partial charge in [-0.05, 0) is 39.8 Å². The average molecular weight is 382 g/mol. The monoisotopic (exact) mass is 382 g/mol. The van der Waals surface area contributed by atoms with E-state index in [0.29, 0.717) is 17.5 Å². The predicted octanol–water partition coefficient (Wildman–Crippen LogP) is 3.61. The van der Waals surface area contributed by atoms with Crippen LogP contribution >= 0.6 is 0 Å². The van der Waals surface area contributed by atoms with Crippen molar-refractivity contribution in [1.82, 2.24) is 14.8 Å². The maximum atomic E-state index is 12.5. The molecule has 0 saturated heterocycles. The minimum Gasteiger partial charge on any atom is -0.448 e. The van der Waals surface area contributed by atoms with Crippen LogP contribution in [0.5, 0.6) is 0 Å². The number of aryl methyl sites for hydroxylation is 1. The average Bonchev–Trinajstić information content (AvgIpc) is 3.29. The van der Waals surface area contributed by atoms with E-state index in [4.69, 9.17) is 9.15 Å². The minimum absolute atomic E-state index is 0.0470. The number of amides is 1. The lowest BCUT2D eigenvalue weighted by Crippen LogP contribution is -2.31. The highest BCUT2D eigenvalue weighted by atomic mass is 16.5. The van der Waals surface area contributed by atoms with Gasteiger partial charge in [0, 0.05) is 17.7 Å². The zero-order chi connectivity index (χ0) is 20.3. The number of aromatic nitrogens is 3. The Balaban J connectivity index is 1.68. The Kier molecular flexibility index (Phi) is 5.58. The molecule has 8 heteroatoms. The molecule has 1 amide bonds. The number of carbonyl (C=O) groups is 2. The first kappa shape index (κ1) is 19.3. The van der Waals surface area contributed by atoms with Gasteiger partial charge >= 0.3 is 5.97 Å². The molecule has 0 aliphatic carbocycles. The van der Waals surface area contributed by atoms with E-state index < -0.39 is 18.0 Å². The first-order valence-electron chi connectivity index (χ1n) is 8.95. The van der Waals surface area contributed by atoms with Gasteiger partial charge in [-0.2, -0.15) is 5.10 Å². The van der Waals surface area contributed by atoms with Crippen LogP contribution in [0.4, 0.5) is 5.82 Å². The van der Waals surface area contributed by atoms with Crippen LogP contribution in [0.2, 0.25) is 0 Å². The summed E-state index contributed by atoms with van der Waals surface area (Å²) in [5.74, 6) is 0.00726. The first-order chi connectivity index (χ1) is 13.4. The number of benzene rings is 1. The van der Waals surface area contributed by atoms with Crippen LogP contribution in [0, 0.1) is 6.92 Å². The maximum absolute atomic E-state index is 12.5. The second kappa shape index (κ2) is 8.08. The topological polar surface area (TPSA) is 99.2 Å². The number of nitrogens with one attached hydrogen (secondary N) is 1. The van der Waals surface area contributed by atoms with E-state index in [0.717, 1.165) is 5.56 Å². The van der Waals surface area contributed by atoms with E-state index in [9.17, 15) is 9.59 Å². The molecule has 28 heavy (non-hydrogen) atoms. The minimum atomic E-state index is -1.01. The predicted molar refractivity (Wildman–Crippen MR) is 103 cm³/mol. The Labute approximate surface area is 162 Å². The van der Waals surface area contributed by atoms with Gasteiger partial charge < -0.3 is 14.5 Å². The van der Waals surface area contributed by atoms with Crippen molar-refractivity contribution in [2.45, 2.75) is 39.8 Å². The zero-order valence-corrected chi connectivity index (χ0v) is 16.2. The third-order valence-electron chi connectivity index (χ3n) is 4.07. The molecule has 1 atom stereocenters. The van der Waals surface area contributed by atoms with Crippen LogP contribution in [0.1, 0.15) is 43.1 Å². The SMILES string of the molecule is Cc1oc(-c2ccccc2)nc1C(=O)O[C@H](C)C(=O)Nc1ccnn1C(C)C. The smallest absolute Gasteiger partial charge is 0.361 e. The third kappa shape index (κ3) is 4.11. The summed E-state index contributed by atoms with van der Waals surface area (Å²) < 4.78 is 12.5. The summed E-state index contributed by atoms with van der Waals surface area (Å²) in [5.41, 5.74) is 0.795. The van der Waals surface area contributed by atoms with Crippen LogP contribution in [0.15, 0.2) is 47.0 Å². The lowest BCUT2D eigenvalue weighted by atomic mass is 10.2. The highest BCUT2D eigenvalue weighted by Gasteiger charge is 2.25. The number of anilines is 1. The van der Waals surface area contributed by atoms with Gasteiger partial charge in [-0.25, -0.2) is 14.5 Å². The molecule has 0 radical (unpaired) electrons. The van der Waals surface area contributed by atoms with Crippen LogP contribution < -0.4 is 5.32 Å². The van der Waals surface area contributed by atoms with Crippen LogP contribution in [-0.4, -0.2) is 32.7 Å². The largest absolute Gasteiger partial charge is 0.448 e. The number of rotatable bonds is 6. The molecule has 0 spiro atoms. The molecule has 0 bridgehead atoms. The Morgan fingerprint density at radius 2 is 1.86 bits per heavy atom. The number of hydrogen-bond donors (Lipinski definition) is 1. The molecular formula is C20H22N4O4. The van der Waals surface area contributed by atoms with Gasteiger partial charge in [0.1, 0.15) is 11.6 Å². The van der Waals surface area contributed by atoms with E-state index >= 15 is 0 Å². The van der Waals surface area contributed by atoms with E-state index in [-0.39, 0.29) is 11.7 Å². The van der Waals surface area contributed by atoms with E-state index in [1.807, 2.05) is 44.2 Å². The summed E-state index contributed by atoms with van der Waals surface area (Å²) in [5, 5.41) is 6.87. The molecule has 146 valence electrons. The standard InChI is InChI=1S/C20H22N4O4/c1-12(2)24-16(10-11-21-24)22-18(25)14(4)28-20(26)17-13(3)27-19(23-17)15-8-6-5-7-9-15/h5-12,14H,1-4H3,(H,22,25)/t14-/m1/s1. The van der Waals surface area contributed by atoms with E-state index in [2.05, 4.69) is 15.4 Å². The molecule has 0 fully saturated rings. The fraction of sp³-hybridized carbons (Fsp3) is 0.300. The molecule has 0 saturated carbocycles. The molecule has 1 N–H and O–H groups in total. The number of hydrogen-bond acceptors (Lipinski definition) is 6. The summed E-state index contributed by atoms with van der Waals surface area (Å²) in [6.45, 7) is 7.02. The fourth-order valence-electron chi connectivity index (χ4n) is 2.61. The molecule has 3 rings (SSSR count). The number of esters is 1. The summed E-state index contributed by atoms with van der Waals surface area (Å²) >= 11 is 0. The Bertz CT molecular complexity index is 975. The molecule has 2 heterocycles. The quantitative estimate of drug-likeness (QED) is 0.654. The first-order valence-corrected chi connectivity index (χ1v) is 8.95. The second-order valence-electron chi connectivity index (χ2n) is 6.58. The van der Waals surface area contributed by atoms with Crippen LogP contribution in [0.3, 0.4) is 0 Å². The number of ether oxygens (including phenoxy) is 1. The van der Waals surface area contributed by atoms with Gasteiger partial charge in [-0.15, -0.1) is 0 Å². The fourth-order valence-corrected chi connectivity index (χ4v) is 2.61. The van der Waals surface area contributed by atoms with Gasteiger partial charge in [-0.3, -0.25) is 4.79 Å². The number of nitrogens with zero attached hydrogens (tertiary/aromatic N) is 3. The van der Waals surface area contributed by atoms with Crippen molar-refractivity contribution in [2.75, 3.05) is 5.32 Å². The summed E-state index contributed by atoms with van der Waals surface area (Å²) in [7, 11) is 0. The normalized spacial score (nSPS) is 12.0. The van der Waals surface area contributed by atoms with Gasteiger partial charge in [0.15, 0.2) is 11.8 Å². The van der Waals surface area contributed by atoms with Gasteiger partial charge in [-0.1, -0.05) is 18.2 Å². The number of oxazole rings is 1. The van der Waals surface area contributed by atoms with Crippen molar-refractivity contribution in [3.63, 3.8) is 0 Å². The molecular weight excluding hydrogens is 360 g/mol.